The molecule has 0 saturated carbocycles. The van der Waals surface area contributed by atoms with Crippen molar-refractivity contribution in [3.8, 4) is 0 Å². The van der Waals surface area contributed by atoms with E-state index in [0.29, 0.717) is 18.7 Å². The summed E-state index contributed by atoms with van der Waals surface area (Å²) in [4.78, 5) is 16.4. The van der Waals surface area contributed by atoms with Crippen LogP contribution < -0.4 is 0 Å². The second-order valence-corrected chi connectivity index (χ2v) is 7.96. The van der Waals surface area contributed by atoms with Gasteiger partial charge in [-0.1, -0.05) is 19.1 Å². The van der Waals surface area contributed by atoms with Crippen molar-refractivity contribution < 1.29 is 17.6 Å². The number of likely N-dealkylation sites (N-methyl/N-ethyl adjacent to an activating group) is 1. The van der Waals surface area contributed by atoms with Gasteiger partial charge in [-0.05, 0) is 24.2 Å². The Hall–Kier alpha value is -1.51. The van der Waals surface area contributed by atoms with Crippen LogP contribution in [0.5, 0.6) is 0 Å². The van der Waals surface area contributed by atoms with Crippen molar-refractivity contribution in [1.29, 1.82) is 0 Å². The molecule has 1 aromatic carbocycles. The van der Waals surface area contributed by atoms with Crippen molar-refractivity contribution in [1.82, 2.24) is 14.1 Å². The van der Waals surface area contributed by atoms with Gasteiger partial charge in [-0.15, -0.1) is 0 Å². The molecule has 0 aromatic heterocycles. The first-order valence-electron chi connectivity index (χ1n) is 7.99. The lowest BCUT2D eigenvalue weighted by atomic mass is 10.2. The Balaban J connectivity index is 2.01. The van der Waals surface area contributed by atoms with Gasteiger partial charge < -0.3 is 9.80 Å². The van der Waals surface area contributed by atoms with E-state index >= 15 is 0 Å². The predicted molar refractivity (Wildman–Crippen MR) is 90.3 cm³/mol. The quantitative estimate of drug-likeness (QED) is 0.754. The highest BCUT2D eigenvalue weighted by molar-refractivity contribution is 7.88. The van der Waals surface area contributed by atoms with Gasteiger partial charge in [0.1, 0.15) is 5.82 Å². The molecular formula is C16H24FN3O3S. The third kappa shape index (κ3) is 5.25. The van der Waals surface area contributed by atoms with Gasteiger partial charge >= 0.3 is 0 Å². The number of sulfonamides is 1. The lowest BCUT2D eigenvalue weighted by Crippen LogP contribution is -2.51. The summed E-state index contributed by atoms with van der Waals surface area (Å²) < 4.78 is 38.1. The van der Waals surface area contributed by atoms with Crippen molar-refractivity contribution in [3.05, 3.63) is 35.6 Å². The number of piperazine rings is 1. The van der Waals surface area contributed by atoms with E-state index in [-0.39, 0.29) is 24.8 Å². The number of amides is 1. The average Bonchev–Trinajstić information content (AvgIpc) is 2.55. The van der Waals surface area contributed by atoms with Gasteiger partial charge in [0, 0.05) is 32.7 Å². The van der Waals surface area contributed by atoms with Gasteiger partial charge in [-0.3, -0.25) is 4.79 Å². The third-order valence-corrected chi connectivity index (χ3v) is 5.42. The SMILES string of the molecule is CCN1CCN(C(=O)CN(Cc2ccc(F)cc2)S(C)(=O)=O)CC1. The first kappa shape index (κ1) is 18.8. The maximum absolute atomic E-state index is 13.0. The molecule has 1 saturated heterocycles. The first-order chi connectivity index (χ1) is 11.3. The predicted octanol–water partition coefficient (Wildman–Crippen LogP) is 0.751. The summed E-state index contributed by atoms with van der Waals surface area (Å²) in [6, 6.07) is 5.61. The molecule has 0 spiro atoms. The van der Waals surface area contributed by atoms with E-state index in [1.807, 2.05) is 0 Å². The zero-order valence-electron chi connectivity index (χ0n) is 14.1. The number of benzene rings is 1. The van der Waals surface area contributed by atoms with E-state index in [4.69, 9.17) is 0 Å². The first-order valence-corrected chi connectivity index (χ1v) is 9.84. The summed E-state index contributed by atoms with van der Waals surface area (Å²) >= 11 is 0. The highest BCUT2D eigenvalue weighted by Crippen LogP contribution is 2.11. The Labute approximate surface area is 142 Å². The molecule has 24 heavy (non-hydrogen) atoms. The standard InChI is InChI=1S/C16H24FN3O3S/c1-3-18-8-10-19(11-9-18)16(21)13-20(24(2,22)23)12-14-4-6-15(17)7-5-14/h4-7H,3,8-13H2,1-2H3. The van der Waals surface area contributed by atoms with Gasteiger partial charge in [0.05, 0.1) is 12.8 Å². The van der Waals surface area contributed by atoms with E-state index in [2.05, 4.69) is 11.8 Å². The highest BCUT2D eigenvalue weighted by Gasteiger charge is 2.26. The van der Waals surface area contributed by atoms with Crippen LogP contribution in [0, 0.1) is 5.82 Å². The van der Waals surface area contributed by atoms with Crippen molar-refractivity contribution >= 4 is 15.9 Å². The Kier molecular flexibility index (Phi) is 6.31. The molecule has 1 amide bonds. The number of carbonyl (C=O) groups excluding carboxylic acids is 1. The largest absolute Gasteiger partial charge is 0.339 e. The zero-order chi connectivity index (χ0) is 17.7. The molecule has 0 atom stereocenters. The average molecular weight is 357 g/mol. The highest BCUT2D eigenvalue weighted by atomic mass is 32.2. The minimum absolute atomic E-state index is 0.0553. The normalized spacial score (nSPS) is 16.6. The lowest BCUT2D eigenvalue weighted by Gasteiger charge is -2.35. The monoisotopic (exact) mass is 357 g/mol. The summed E-state index contributed by atoms with van der Waals surface area (Å²) in [5.41, 5.74) is 0.644. The summed E-state index contributed by atoms with van der Waals surface area (Å²) in [5, 5.41) is 0. The molecular weight excluding hydrogens is 333 g/mol. The van der Waals surface area contributed by atoms with Crippen LogP contribution in [-0.2, 0) is 21.4 Å². The van der Waals surface area contributed by atoms with E-state index in [1.165, 1.54) is 24.3 Å². The zero-order valence-corrected chi connectivity index (χ0v) is 14.9. The Bertz CT molecular complexity index is 656. The maximum Gasteiger partial charge on any atom is 0.237 e. The molecule has 0 unspecified atom stereocenters. The van der Waals surface area contributed by atoms with E-state index in [9.17, 15) is 17.6 Å². The molecule has 1 heterocycles. The van der Waals surface area contributed by atoms with Crippen molar-refractivity contribution in [2.75, 3.05) is 45.5 Å². The van der Waals surface area contributed by atoms with Gasteiger partial charge in [0.25, 0.3) is 0 Å². The second-order valence-electron chi connectivity index (χ2n) is 5.97. The molecule has 2 rings (SSSR count). The smallest absolute Gasteiger partial charge is 0.237 e. The minimum Gasteiger partial charge on any atom is -0.339 e. The molecule has 6 nitrogen and oxygen atoms in total. The number of hydrogen-bond acceptors (Lipinski definition) is 4. The Morgan fingerprint density at radius 1 is 1.17 bits per heavy atom. The van der Waals surface area contributed by atoms with Crippen molar-refractivity contribution in [3.63, 3.8) is 0 Å². The van der Waals surface area contributed by atoms with Crippen LogP contribution in [0.1, 0.15) is 12.5 Å². The van der Waals surface area contributed by atoms with Crippen molar-refractivity contribution in [2.45, 2.75) is 13.5 Å². The number of halogens is 1. The fraction of sp³-hybridized carbons (Fsp3) is 0.562. The number of nitrogens with zero attached hydrogens (tertiary/aromatic N) is 3. The van der Waals surface area contributed by atoms with Crippen LogP contribution in [0.2, 0.25) is 0 Å². The number of rotatable bonds is 6. The van der Waals surface area contributed by atoms with Crippen LogP contribution in [0.25, 0.3) is 0 Å². The van der Waals surface area contributed by atoms with Crippen LogP contribution in [0.15, 0.2) is 24.3 Å². The van der Waals surface area contributed by atoms with Gasteiger partial charge in [-0.2, -0.15) is 4.31 Å². The molecule has 0 aliphatic carbocycles. The summed E-state index contributed by atoms with van der Waals surface area (Å²) in [6.45, 7) is 5.72. The van der Waals surface area contributed by atoms with Crippen LogP contribution in [0.3, 0.4) is 0 Å². The summed E-state index contributed by atoms with van der Waals surface area (Å²) in [7, 11) is -3.54. The topological polar surface area (TPSA) is 60.9 Å². The molecule has 0 radical (unpaired) electrons. The molecule has 0 N–H and O–H groups in total. The van der Waals surface area contributed by atoms with Crippen LogP contribution in [-0.4, -0.2) is 74.0 Å². The van der Waals surface area contributed by atoms with E-state index in [1.54, 1.807) is 4.90 Å². The molecule has 1 aliphatic heterocycles. The molecule has 1 fully saturated rings. The lowest BCUT2D eigenvalue weighted by molar-refractivity contribution is -0.133. The number of carbonyl (C=O) groups is 1. The maximum atomic E-state index is 13.0. The molecule has 1 aromatic rings. The van der Waals surface area contributed by atoms with Gasteiger partial charge in [-0.25, -0.2) is 12.8 Å². The van der Waals surface area contributed by atoms with Gasteiger partial charge in [0.15, 0.2) is 0 Å². The van der Waals surface area contributed by atoms with E-state index in [0.717, 1.165) is 30.2 Å². The van der Waals surface area contributed by atoms with E-state index < -0.39 is 10.0 Å². The number of hydrogen-bond donors (Lipinski definition) is 0. The van der Waals surface area contributed by atoms with Crippen molar-refractivity contribution in [2.24, 2.45) is 0 Å². The minimum atomic E-state index is -3.54. The van der Waals surface area contributed by atoms with Gasteiger partial charge in [0.2, 0.25) is 15.9 Å². The summed E-state index contributed by atoms with van der Waals surface area (Å²) in [6.07, 6.45) is 1.08. The third-order valence-electron chi connectivity index (χ3n) is 4.23. The molecule has 0 bridgehead atoms. The fourth-order valence-electron chi connectivity index (χ4n) is 2.65. The van der Waals surface area contributed by atoms with Crippen LogP contribution >= 0.6 is 0 Å². The summed E-state index contributed by atoms with van der Waals surface area (Å²) in [5.74, 6) is -0.576. The fourth-order valence-corrected chi connectivity index (χ4v) is 3.38. The Morgan fingerprint density at radius 3 is 2.25 bits per heavy atom. The second kappa shape index (κ2) is 8.04. The molecule has 1 aliphatic rings. The Morgan fingerprint density at radius 2 is 1.75 bits per heavy atom. The molecule has 8 heteroatoms. The van der Waals surface area contributed by atoms with Crippen LogP contribution in [0.4, 0.5) is 4.39 Å². The molecule has 134 valence electrons.